The SMILES string of the molecule is COc1cc(OC)c2c(Cl)c(C#N)cnc2c1. The Morgan fingerprint density at radius 3 is 2.65 bits per heavy atom. The van der Waals surface area contributed by atoms with Crippen LogP contribution in [0.4, 0.5) is 0 Å². The lowest BCUT2D eigenvalue weighted by Crippen LogP contribution is -1.92. The Labute approximate surface area is 103 Å². The lowest BCUT2D eigenvalue weighted by atomic mass is 10.1. The summed E-state index contributed by atoms with van der Waals surface area (Å²) >= 11 is 6.14. The van der Waals surface area contributed by atoms with Crippen molar-refractivity contribution in [1.82, 2.24) is 4.98 Å². The van der Waals surface area contributed by atoms with Gasteiger partial charge >= 0.3 is 0 Å². The smallest absolute Gasteiger partial charge is 0.133 e. The fraction of sp³-hybridized carbons (Fsp3) is 0.167. The van der Waals surface area contributed by atoms with Crippen molar-refractivity contribution in [2.45, 2.75) is 0 Å². The summed E-state index contributed by atoms with van der Waals surface area (Å²) in [6.07, 6.45) is 1.43. The fourth-order valence-corrected chi connectivity index (χ4v) is 1.86. The van der Waals surface area contributed by atoms with E-state index in [4.69, 9.17) is 26.3 Å². The molecule has 2 aromatic rings. The molecule has 0 amide bonds. The fourth-order valence-electron chi connectivity index (χ4n) is 1.58. The lowest BCUT2D eigenvalue weighted by Gasteiger charge is -2.09. The van der Waals surface area contributed by atoms with E-state index in [1.165, 1.54) is 13.3 Å². The first-order chi connectivity index (χ1) is 8.21. The van der Waals surface area contributed by atoms with E-state index in [2.05, 4.69) is 4.98 Å². The number of fused-ring (bicyclic) bond motifs is 1. The minimum Gasteiger partial charge on any atom is -0.497 e. The van der Waals surface area contributed by atoms with Gasteiger partial charge in [-0.2, -0.15) is 5.26 Å². The maximum absolute atomic E-state index is 8.90. The molecule has 1 aromatic carbocycles. The second-order valence-corrected chi connectivity index (χ2v) is 3.70. The molecule has 0 bridgehead atoms. The highest BCUT2D eigenvalue weighted by molar-refractivity contribution is 6.37. The van der Waals surface area contributed by atoms with Crippen molar-refractivity contribution in [3.8, 4) is 17.6 Å². The highest BCUT2D eigenvalue weighted by Crippen LogP contribution is 2.36. The molecule has 0 aliphatic rings. The number of benzene rings is 1. The van der Waals surface area contributed by atoms with Gasteiger partial charge in [0, 0.05) is 18.3 Å². The summed E-state index contributed by atoms with van der Waals surface area (Å²) in [6, 6.07) is 5.43. The number of hydrogen-bond acceptors (Lipinski definition) is 4. The summed E-state index contributed by atoms with van der Waals surface area (Å²) in [5.74, 6) is 1.16. The van der Waals surface area contributed by atoms with E-state index in [-0.39, 0.29) is 0 Å². The number of halogens is 1. The zero-order valence-corrected chi connectivity index (χ0v) is 10.1. The lowest BCUT2D eigenvalue weighted by molar-refractivity contribution is 0.398. The van der Waals surface area contributed by atoms with E-state index in [0.717, 1.165) is 0 Å². The number of methoxy groups -OCH3 is 2. The Kier molecular flexibility index (Phi) is 3.03. The minimum absolute atomic E-state index is 0.322. The molecule has 0 radical (unpaired) electrons. The molecule has 0 aliphatic carbocycles. The van der Waals surface area contributed by atoms with Crippen molar-refractivity contribution in [2.75, 3.05) is 14.2 Å². The standard InChI is InChI=1S/C12H9ClN2O2/c1-16-8-3-9-11(10(4-8)17-2)12(13)7(5-14)6-15-9/h3-4,6H,1-2H3. The van der Waals surface area contributed by atoms with Gasteiger partial charge < -0.3 is 9.47 Å². The van der Waals surface area contributed by atoms with Crippen LogP contribution in [-0.4, -0.2) is 19.2 Å². The van der Waals surface area contributed by atoms with Crippen molar-refractivity contribution in [3.63, 3.8) is 0 Å². The predicted octanol–water partition coefficient (Wildman–Crippen LogP) is 2.78. The second-order valence-electron chi connectivity index (χ2n) is 3.32. The van der Waals surface area contributed by atoms with Crippen LogP contribution in [0, 0.1) is 11.3 Å². The molecule has 0 spiro atoms. The zero-order valence-electron chi connectivity index (χ0n) is 9.32. The Morgan fingerprint density at radius 2 is 2.06 bits per heavy atom. The number of aromatic nitrogens is 1. The van der Waals surface area contributed by atoms with Crippen LogP contribution in [0.5, 0.6) is 11.5 Å². The Balaban J connectivity index is 2.86. The van der Waals surface area contributed by atoms with E-state index < -0.39 is 0 Å². The van der Waals surface area contributed by atoms with Gasteiger partial charge in [0.25, 0.3) is 0 Å². The molecular formula is C12H9ClN2O2. The summed E-state index contributed by atoms with van der Waals surface area (Å²) in [5, 5.41) is 9.87. The predicted molar refractivity (Wildman–Crippen MR) is 64.6 cm³/mol. The molecule has 17 heavy (non-hydrogen) atoms. The van der Waals surface area contributed by atoms with E-state index in [1.54, 1.807) is 19.2 Å². The van der Waals surface area contributed by atoms with Gasteiger partial charge in [-0.05, 0) is 0 Å². The van der Waals surface area contributed by atoms with E-state index in [1.807, 2.05) is 6.07 Å². The van der Waals surface area contributed by atoms with Crippen LogP contribution in [0.2, 0.25) is 5.02 Å². The molecule has 0 unspecified atom stereocenters. The van der Waals surface area contributed by atoms with Crippen molar-refractivity contribution < 1.29 is 9.47 Å². The highest BCUT2D eigenvalue weighted by Gasteiger charge is 2.13. The molecule has 1 aromatic heterocycles. The monoisotopic (exact) mass is 248 g/mol. The average Bonchev–Trinajstić information content (AvgIpc) is 2.37. The molecule has 0 saturated heterocycles. The van der Waals surface area contributed by atoms with Gasteiger partial charge in [0.2, 0.25) is 0 Å². The van der Waals surface area contributed by atoms with Crippen molar-refractivity contribution >= 4 is 22.5 Å². The third kappa shape index (κ3) is 1.85. The van der Waals surface area contributed by atoms with Gasteiger partial charge in [-0.25, -0.2) is 0 Å². The molecule has 0 N–H and O–H groups in total. The summed E-state index contributed by atoms with van der Waals surface area (Å²) in [4.78, 5) is 4.16. The van der Waals surface area contributed by atoms with E-state index >= 15 is 0 Å². The van der Waals surface area contributed by atoms with Crippen LogP contribution in [0.15, 0.2) is 18.3 Å². The number of ether oxygens (including phenoxy) is 2. The molecule has 0 atom stereocenters. The van der Waals surface area contributed by atoms with Crippen LogP contribution in [0.3, 0.4) is 0 Å². The van der Waals surface area contributed by atoms with Crippen molar-refractivity contribution in [3.05, 3.63) is 28.9 Å². The molecule has 0 saturated carbocycles. The van der Waals surface area contributed by atoms with Crippen LogP contribution in [0.25, 0.3) is 10.9 Å². The second kappa shape index (κ2) is 4.48. The maximum atomic E-state index is 8.90. The van der Waals surface area contributed by atoms with Crippen LogP contribution in [-0.2, 0) is 0 Å². The first-order valence-electron chi connectivity index (χ1n) is 4.81. The van der Waals surface area contributed by atoms with Gasteiger partial charge in [-0.1, -0.05) is 11.6 Å². The van der Waals surface area contributed by atoms with Gasteiger partial charge in [0.15, 0.2) is 0 Å². The first-order valence-corrected chi connectivity index (χ1v) is 5.19. The van der Waals surface area contributed by atoms with Crippen LogP contribution in [0.1, 0.15) is 5.56 Å². The molecule has 4 nitrogen and oxygen atoms in total. The van der Waals surface area contributed by atoms with Crippen LogP contribution >= 0.6 is 11.6 Å². The quantitative estimate of drug-likeness (QED) is 0.820. The van der Waals surface area contributed by atoms with Crippen molar-refractivity contribution in [1.29, 1.82) is 5.26 Å². The Morgan fingerprint density at radius 1 is 1.29 bits per heavy atom. The normalized spacial score (nSPS) is 10.0. The first kappa shape index (κ1) is 11.5. The maximum Gasteiger partial charge on any atom is 0.133 e. The number of nitriles is 1. The number of rotatable bonds is 2. The molecule has 0 aliphatic heterocycles. The molecule has 0 fully saturated rings. The Bertz CT molecular complexity index is 620. The number of nitrogens with zero attached hydrogens (tertiary/aromatic N) is 2. The number of hydrogen-bond donors (Lipinski definition) is 0. The van der Waals surface area contributed by atoms with E-state index in [9.17, 15) is 0 Å². The minimum atomic E-state index is 0.322. The summed E-state index contributed by atoms with van der Waals surface area (Å²) < 4.78 is 10.4. The van der Waals surface area contributed by atoms with Gasteiger partial charge in [0.05, 0.1) is 35.7 Å². The molecule has 5 heteroatoms. The van der Waals surface area contributed by atoms with Crippen molar-refractivity contribution in [2.24, 2.45) is 0 Å². The summed E-state index contributed by atoms with van der Waals surface area (Å²) in [6.45, 7) is 0. The van der Waals surface area contributed by atoms with E-state index in [0.29, 0.717) is 33.0 Å². The molecule has 2 rings (SSSR count). The third-order valence-corrected chi connectivity index (χ3v) is 2.81. The molecular weight excluding hydrogens is 240 g/mol. The molecule has 86 valence electrons. The molecule has 1 heterocycles. The Hall–Kier alpha value is -1.99. The third-order valence-electron chi connectivity index (χ3n) is 2.42. The van der Waals surface area contributed by atoms with Crippen LogP contribution < -0.4 is 9.47 Å². The topological polar surface area (TPSA) is 55.1 Å². The highest BCUT2D eigenvalue weighted by atomic mass is 35.5. The average molecular weight is 249 g/mol. The van der Waals surface area contributed by atoms with Gasteiger partial charge in [-0.3, -0.25) is 4.98 Å². The van der Waals surface area contributed by atoms with Gasteiger partial charge in [-0.15, -0.1) is 0 Å². The number of pyridine rings is 1. The summed E-state index contributed by atoms with van der Waals surface area (Å²) in [5.41, 5.74) is 0.952. The largest absolute Gasteiger partial charge is 0.497 e. The van der Waals surface area contributed by atoms with Gasteiger partial charge in [0.1, 0.15) is 17.6 Å². The summed E-state index contributed by atoms with van der Waals surface area (Å²) in [7, 11) is 3.09. The zero-order chi connectivity index (χ0) is 12.4.